The Labute approximate surface area is 238 Å². The Morgan fingerprint density at radius 3 is 2.77 bits per heavy atom. The maximum Gasteiger partial charge on any atom is 0.413 e. The predicted octanol–water partition coefficient (Wildman–Crippen LogP) is 5.37. The van der Waals surface area contributed by atoms with Crippen LogP contribution < -0.4 is 14.5 Å². The van der Waals surface area contributed by atoms with Crippen LogP contribution in [-0.4, -0.2) is 56.3 Å². The van der Waals surface area contributed by atoms with Gasteiger partial charge in [-0.2, -0.15) is 4.98 Å². The Balaban J connectivity index is 0.00000176. The van der Waals surface area contributed by atoms with E-state index in [1.54, 1.807) is 12.5 Å². The van der Waals surface area contributed by atoms with Gasteiger partial charge in [-0.15, -0.1) is 24.8 Å². The second-order valence-electron chi connectivity index (χ2n) is 10.1. The lowest BCUT2D eigenvalue weighted by atomic mass is 9.81. The number of carboxylic acid groups (broad SMARTS) is 1. The molecule has 0 saturated carbocycles. The fourth-order valence-corrected chi connectivity index (χ4v) is 4.87. The van der Waals surface area contributed by atoms with Crippen LogP contribution in [0.5, 0.6) is 5.75 Å². The number of imidazole rings is 1. The summed E-state index contributed by atoms with van der Waals surface area (Å²) in [5, 5.41) is 9.24. The van der Waals surface area contributed by atoms with Crippen LogP contribution in [0.1, 0.15) is 30.7 Å². The van der Waals surface area contributed by atoms with Crippen LogP contribution >= 0.6 is 24.8 Å². The van der Waals surface area contributed by atoms with Crippen LogP contribution in [0.25, 0.3) is 28.4 Å². The Bertz CT molecular complexity index is 1570. The van der Waals surface area contributed by atoms with Gasteiger partial charge in [0.05, 0.1) is 17.8 Å². The van der Waals surface area contributed by atoms with Crippen LogP contribution in [-0.2, 0) is 13.0 Å². The number of amides is 1. The van der Waals surface area contributed by atoms with Gasteiger partial charge in [0, 0.05) is 36.5 Å². The molecular formula is C27H29Cl2N7O3. The number of nitrogens with zero attached hydrogens (tertiary/aromatic N) is 6. The van der Waals surface area contributed by atoms with Gasteiger partial charge >= 0.3 is 6.09 Å². The Hall–Kier alpha value is -3.89. The monoisotopic (exact) mass is 569 g/mol. The Morgan fingerprint density at radius 2 is 1.97 bits per heavy atom. The molecule has 0 saturated heterocycles. The van der Waals surface area contributed by atoms with Gasteiger partial charge in [0.25, 0.3) is 0 Å². The first-order valence-electron chi connectivity index (χ1n) is 12.1. The molecule has 0 atom stereocenters. The van der Waals surface area contributed by atoms with Crippen molar-refractivity contribution in [1.82, 2.24) is 24.9 Å². The first-order chi connectivity index (χ1) is 17.8. The topological polar surface area (TPSA) is 120 Å². The number of anilines is 2. The molecule has 2 aliphatic rings. The molecule has 4 heterocycles. The first-order valence-corrected chi connectivity index (χ1v) is 12.1. The van der Waals surface area contributed by atoms with E-state index in [0.717, 1.165) is 51.8 Å². The lowest BCUT2D eigenvalue weighted by Crippen LogP contribution is -2.29. The molecule has 10 nitrogen and oxygen atoms in total. The number of halogens is 2. The minimum atomic E-state index is -1.10. The molecule has 6 rings (SSSR count). The minimum Gasteiger partial charge on any atom is -0.491 e. The van der Waals surface area contributed by atoms with E-state index in [-0.39, 0.29) is 36.2 Å². The van der Waals surface area contributed by atoms with Crippen LogP contribution in [0.2, 0.25) is 0 Å². The number of carbonyl (C=O) groups is 1. The lowest BCUT2D eigenvalue weighted by Gasteiger charge is -2.30. The molecule has 0 fully saturated rings. The average Bonchev–Trinajstić information content (AvgIpc) is 3.19. The number of H-pyrrole nitrogens is 1. The molecule has 204 valence electrons. The molecule has 12 heteroatoms. The molecule has 1 amide bonds. The predicted molar refractivity (Wildman–Crippen MR) is 155 cm³/mol. The third-order valence-electron chi connectivity index (χ3n) is 6.88. The summed E-state index contributed by atoms with van der Waals surface area (Å²) in [6.45, 7) is 6.39. The standard InChI is InChI=1S/C27H27N7O3.2ClH/c1-27(2)7-6-20-19(12-27)24(30-15-29-20)34-8-9-37-22-5-4-16(10-18(22)14-34)17-11-21-23(28-13-17)32-25(31-21)33(3)26(35)36;;/h4-7,10-11,13,15H,8-9,12,14H2,1-3H3,(H,35,36)(H,28,31,32);2*1H. The zero-order valence-corrected chi connectivity index (χ0v) is 23.3. The summed E-state index contributed by atoms with van der Waals surface area (Å²) in [6, 6.07) is 8.06. The number of aromatic nitrogens is 5. The number of hydrogen-bond acceptors (Lipinski definition) is 7. The molecule has 1 aliphatic heterocycles. The van der Waals surface area contributed by atoms with E-state index < -0.39 is 6.09 Å². The van der Waals surface area contributed by atoms with E-state index >= 15 is 0 Å². The molecule has 0 spiro atoms. The van der Waals surface area contributed by atoms with Gasteiger partial charge in [-0.3, -0.25) is 4.90 Å². The highest BCUT2D eigenvalue weighted by molar-refractivity contribution is 5.87. The van der Waals surface area contributed by atoms with Crippen molar-refractivity contribution in [3.05, 3.63) is 59.7 Å². The number of benzene rings is 1. The number of rotatable bonds is 3. The van der Waals surface area contributed by atoms with Gasteiger partial charge in [0.2, 0.25) is 5.95 Å². The Kier molecular flexibility index (Phi) is 7.72. The second-order valence-corrected chi connectivity index (χ2v) is 10.1. The molecule has 3 aromatic heterocycles. The number of pyridine rings is 1. The van der Waals surface area contributed by atoms with Crippen LogP contribution in [0.15, 0.2) is 42.9 Å². The number of nitrogens with one attached hydrogen (secondary N) is 1. The zero-order chi connectivity index (χ0) is 25.7. The molecule has 0 radical (unpaired) electrons. The molecule has 39 heavy (non-hydrogen) atoms. The van der Waals surface area contributed by atoms with Gasteiger partial charge in [-0.05, 0) is 41.7 Å². The highest BCUT2D eigenvalue weighted by atomic mass is 35.5. The van der Waals surface area contributed by atoms with E-state index in [1.165, 1.54) is 12.6 Å². The van der Waals surface area contributed by atoms with E-state index in [2.05, 4.69) is 56.9 Å². The summed E-state index contributed by atoms with van der Waals surface area (Å²) in [4.78, 5) is 35.6. The summed E-state index contributed by atoms with van der Waals surface area (Å²) in [7, 11) is 1.44. The van der Waals surface area contributed by atoms with Gasteiger partial charge < -0.3 is 19.7 Å². The van der Waals surface area contributed by atoms with Gasteiger partial charge in [-0.25, -0.2) is 19.7 Å². The van der Waals surface area contributed by atoms with Crippen LogP contribution in [0.4, 0.5) is 16.6 Å². The fourth-order valence-electron chi connectivity index (χ4n) is 4.87. The quantitative estimate of drug-likeness (QED) is 0.338. The van der Waals surface area contributed by atoms with Crippen LogP contribution in [0.3, 0.4) is 0 Å². The van der Waals surface area contributed by atoms with E-state index in [0.29, 0.717) is 24.3 Å². The second kappa shape index (κ2) is 10.7. The normalized spacial score (nSPS) is 15.2. The van der Waals surface area contributed by atoms with E-state index in [4.69, 9.17) is 9.72 Å². The fraction of sp³-hybridized carbons (Fsp3) is 0.296. The summed E-state index contributed by atoms with van der Waals surface area (Å²) < 4.78 is 6.11. The van der Waals surface area contributed by atoms with Crippen molar-refractivity contribution in [3.8, 4) is 16.9 Å². The lowest BCUT2D eigenvalue weighted by molar-refractivity contribution is 0.203. The first kappa shape index (κ1) is 28.1. The van der Waals surface area contributed by atoms with Crippen molar-refractivity contribution in [3.63, 3.8) is 0 Å². The van der Waals surface area contributed by atoms with Gasteiger partial charge in [0.1, 0.15) is 24.5 Å². The smallest absolute Gasteiger partial charge is 0.413 e. The highest BCUT2D eigenvalue weighted by Gasteiger charge is 2.27. The number of ether oxygens (including phenoxy) is 1. The van der Waals surface area contributed by atoms with Crippen molar-refractivity contribution in [2.24, 2.45) is 5.41 Å². The van der Waals surface area contributed by atoms with E-state index in [9.17, 15) is 9.90 Å². The largest absolute Gasteiger partial charge is 0.491 e. The molecule has 4 aromatic rings. The molecule has 1 aliphatic carbocycles. The Morgan fingerprint density at radius 1 is 1.15 bits per heavy atom. The minimum absolute atomic E-state index is 0. The molecule has 2 N–H and O–H groups in total. The average molecular weight is 570 g/mol. The molecule has 1 aromatic carbocycles. The van der Waals surface area contributed by atoms with Crippen molar-refractivity contribution in [2.45, 2.75) is 26.8 Å². The van der Waals surface area contributed by atoms with Gasteiger partial charge in [0.15, 0.2) is 5.65 Å². The maximum absolute atomic E-state index is 11.3. The number of allylic oxidation sites excluding steroid dienone is 1. The SMILES string of the molecule is CN(C(=O)O)c1nc2ncc(-c3ccc4c(c3)CN(c3ncnc5c3CC(C)(C)C=C5)CCO4)cc2[nH]1.Cl.Cl. The molecule has 0 bridgehead atoms. The van der Waals surface area contributed by atoms with Crippen LogP contribution in [0, 0.1) is 5.41 Å². The highest BCUT2D eigenvalue weighted by Crippen LogP contribution is 2.37. The zero-order valence-electron chi connectivity index (χ0n) is 21.7. The molecule has 0 unspecified atom stereocenters. The van der Waals surface area contributed by atoms with E-state index in [1.807, 2.05) is 18.2 Å². The van der Waals surface area contributed by atoms with Crippen molar-refractivity contribution in [2.75, 3.05) is 30.0 Å². The third kappa shape index (κ3) is 5.35. The summed E-state index contributed by atoms with van der Waals surface area (Å²) in [6.07, 6.45) is 7.49. The van der Waals surface area contributed by atoms with Gasteiger partial charge in [-0.1, -0.05) is 26.0 Å². The maximum atomic E-state index is 11.3. The van der Waals surface area contributed by atoms with Crippen molar-refractivity contribution < 1.29 is 14.6 Å². The summed E-state index contributed by atoms with van der Waals surface area (Å²) in [5.41, 5.74) is 6.26. The number of fused-ring (bicyclic) bond motifs is 3. The molecular weight excluding hydrogens is 541 g/mol. The number of aromatic amines is 1. The third-order valence-corrected chi connectivity index (χ3v) is 6.88. The summed E-state index contributed by atoms with van der Waals surface area (Å²) >= 11 is 0. The number of hydrogen-bond donors (Lipinski definition) is 2. The van der Waals surface area contributed by atoms with Crippen molar-refractivity contribution in [1.29, 1.82) is 0 Å². The summed E-state index contributed by atoms with van der Waals surface area (Å²) in [5.74, 6) is 2.04. The van der Waals surface area contributed by atoms with Crippen molar-refractivity contribution >= 4 is 59.9 Å².